The largest absolute Gasteiger partial charge is 0.382 e. The molecular weight excluding hydrogens is 179 g/mol. The fourth-order valence-corrected chi connectivity index (χ4v) is 1.25. The van der Waals surface area contributed by atoms with Crippen LogP contribution in [-0.2, 0) is 0 Å². The van der Waals surface area contributed by atoms with Crippen molar-refractivity contribution in [3.05, 3.63) is 18.5 Å². The van der Waals surface area contributed by atoms with Gasteiger partial charge in [-0.1, -0.05) is 0 Å². The van der Waals surface area contributed by atoms with E-state index < -0.39 is 0 Å². The summed E-state index contributed by atoms with van der Waals surface area (Å²) in [7, 11) is 0. The molecule has 0 radical (unpaired) electrons. The van der Waals surface area contributed by atoms with Gasteiger partial charge in [0.05, 0.1) is 6.20 Å². The third-order valence-corrected chi connectivity index (χ3v) is 1.89. The molecule has 0 aromatic carbocycles. The number of nitrogens with zero attached hydrogens (tertiary/aromatic N) is 3. The van der Waals surface area contributed by atoms with Crippen molar-refractivity contribution in [3.8, 4) is 0 Å². The zero-order chi connectivity index (χ0) is 8.55. The minimum absolute atomic E-state index is 0.0723. The van der Waals surface area contributed by atoms with Crippen LogP contribution in [0.3, 0.4) is 0 Å². The van der Waals surface area contributed by atoms with E-state index in [1.165, 1.54) is 10.2 Å². The number of hydrogen-bond donors (Lipinski definition) is 1. The molecule has 0 bridgehead atoms. The van der Waals surface area contributed by atoms with Crippen LogP contribution in [-0.4, -0.2) is 13.9 Å². The van der Waals surface area contributed by atoms with Crippen LogP contribution in [0.4, 0.5) is 9.70 Å². The van der Waals surface area contributed by atoms with Crippen molar-refractivity contribution in [2.75, 3.05) is 5.73 Å². The number of anilines is 1. The van der Waals surface area contributed by atoms with E-state index in [1.54, 1.807) is 12.3 Å². The van der Waals surface area contributed by atoms with Crippen molar-refractivity contribution in [2.24, 2.45) is 0 Å². The first-order valence-electron chi connectivity index (χ1n) is 3.20. The number of rotatable bonds is 1. The van der Waals surface area contributed by atoms with Gasteiger partial charge in [-0.05, 0) is 6.07 Å². The number of nitrogens with two attached hydrogens (primary N) is 1. The third-order valence-electron chi connectivity index (χ3n) is 1.45. The van der Waals surface area contributed by atoms with Crippen LogP contribution in [0.25, 0.3) is 11.2 Å². The quantitative estimate of drug-likeness (QED) is 0.727. The fraction of sp³-hybridized carbons (Fsp3) is 0. The minimum Gasteiger partial charge on any atom is -0.382 e. The third kappa shape index (κ3) is 1.00. The van der Waals surface area contributed by atoms with E-state index >= 15 is 0 Å². The number of halogens is 1. The summed E-state index contributed by atoms with van der Waals surface area (Å²) < 4.78 is 13.5. The van der Waals surface area contributed by atoms with Crippen molar-refractivity contribution in [1.82, 2.24) is 13.9 Å². The summed E-state index contributed by atoms with van der Waals surface area (Å²) in [4.78, 5) is 7.88. The van der Waals surface area contributed by atoms with Crippen LogP contribution in [0.5, 0.6) is 0 Å². The maximum atomic E-state index is 12.2. The first kappa shape index (κ1) is 7.35. The lowest BCUT2D eigenvalue weighted by Crippen LogP contribution is -1.93. The Labute approximate surface area is 72.0 Å². The fourth-order valence-electron chi connectivity index (χ4n) is 0.946. The molecule has 2 rings (SSSR count). The Hall–Kier alpha value is -1.30. The molecule has 2 aromatic rings. The van der Waals surface area contributed by atoms with E-state index in [4.69, 9.17) is 5.73 Å². The van der Waals surface area contributed by atoms with E-state index in [0.717, 1.165) is 0 Å². The lowest BCUT2D eigenvalue weighted by molar-refractivity contribution is 0.919. The van der Waals surface area contributed by atoms with Gasteiger partial charge in [0.15, 0.2) is 18.0 Å². The number of fused-ring (bicyclic) bond motifs is 1. The first-order valence-corrected chi connectivity index (χ1v) is 3.87. The standard InChI is InChI=1S/C6H5FN4S/c7-12-11-2-1-4-6(11)10-5(8)3-9-4/h1-3H,(H2,8,10). The Kier molecular flexibility index (Phi) is 1.61. The van der Waals surface area contributed by atoms with E-state index in [-0.39, 0.29) is 18.2 Å². The van der Waals surface area contributed by atoms with Gasteiger partial charge in [0.2, 0.25) is 0 Å². The summed E-state index contributed by atoms with van der Waals surface area (Å²) in [5.74, 6) is 0.288. The van der Waals surface area contributed by atoms with Gasteiger partial charge in [-0.3, -0.25) is 0 Å². The number of hydrogen-bond acceptors (Lipinski definition) is 4. The average molecular weight is 184 g/mol. The Morgan fingerprint density at radius 1 is 1.58 bits per heavy atom. The van der Waals surface area contributed by atoms with Gasteiger partial charge >= 0.3 is 0 Å². The normalized spacial score (nSPS) is 10.8. The van der Waals surface area contributed by atoms with Crippen molar-refractivity contribution in [2.45, 2.75) is 0 Å². The molecule has 0 saturated heterocycles. The second-order valence-electron chi connectivity index (χ2n) is 2.21. The Balaban J connectivity index is 2.75. The highest BCUT2D eigenvalue weighted by Gasteiger charge is 2.03. The van der Waals surface area contributed by atoms with Gasteiger partial charge in [-0.2, -0.15) is 0 Å². The Morgan fingerprint density at radius 3 is 3.17 bits per heavy atom. The predicted octanol–water partition coefficient (Wildman–Crippen LogP) is 1.39. The maximum absolute atomic E-state index is 12.2. The monoisotopic (exact) mass is 184 g/mol. The van der Waals surface area contributed by atoms with Crippen LogP contribution < -0.4 is 5.73 Å². The van der Waals surface area contributed by atoms with E-state index in [9.17, 15) is 3.89 Å². The molecule has 2 heterocycles. The highest BCUT2D eigenvalue weighted by Crippen LogP contribution is 2.18. The highest BCUT2D eigenvalue weighted by atomic mass is 32.2. The molecule has 0 aliphatic heterocycles. The highest BCUT2D eigenvalue weighted by molar-refractivity contribution is 7.92. The van der Waals surface area contributed by atoms with Gasteiger partial charge in [0.25, 0.3) is 0 Å². The summed E-state index contributed by atoms with van der Waals surface area (Å²) in [6, 6.07) is 1.67. The van der Waals surface area contributed by atoms with Crippen LogP contribution in [0.2, 0.25) is 0 Å². The minimum atomic E-state index is 0.0723. The van der Waals surface area contributed by atoms with Gasteiger partial charge in [0, 0.05) is 6.20 Å². The van der Waals surface area contributed by atoms with Crippen molar-refractivity contribution >= 4 is 29.3 Å². The molecule has 0 spiro atoms. The van der Waals surface area contributed by atoms with Crippen LogP contribution in [0.15, 0.2) is 18.5 Å². The maximum Gasteiger partial charge on any atom is 0.173 e. The van der Waals surface area contributed by atoms with Crippen LogP contribution in [0, 0.1) is 0 Å². The van der Waals surface area contributed by atoms with Crippen molar-refractivity contribution in [3.63, 3.8) is 0 Å². The van der Waals surface area contributed by atoms with Crippen LogP contribution in [0.1, 0.15) is 0 Å². The number of aromatic nitrogens is 3. The van der Waals surface area contributed by atoms with E-state index in [0.29, 0.717) is 11.2 Å². The molecule has 0 aliphatic carbocycles. The molecule has 0 amide bonds. The topological polar surface area (TPSA) is 56.7 Å². The van der Waals surface area contributed by atoms with Gasteiger partial charge in [-0.25, -0.2) is 13.9 Å². The smallest absolute Gasteiger partial charge is 0.173 e. The zero-order valence-electron chi connectivity index (χ0n) is 5.94. The molecule has 0 aliphatic rings. The van der Waals surface area contributed by atoms with Gasteiger partial charge < -0.3 is 5.73 Å². The molecule has 4 nitrogen and oxygen atoms in total. The molecule has 0 atom stereocenters. The molecule has 0 fully saturated rings. The van der Waals surface area contributed by atoms with Gasteiger partial charge in [0.1, 0.15) is 11.3 Å². The summed E-state index contributed by atoms with van der Waals surface area (Å²) >= 11 is 0.0723. The summed E-state index contributed by atoms with van der Waals surface area (Å²) in [6.07, 6.45) is 2.99. The van der Waals surface area contributed by atoms with E-state index in [1.807, 2.05) is 0 Å². The van der Waals surface area contributed by atoms with Crippen molar-refractivity contribution in [1.29, 1.82) is 0 Å². The predicted molar refractivity (Wildman–Crippen MR) is 46.0 cm³/mol. The molecule has 12 heavy (non-hydrogen) atoms. The second kappa shape index (κ2) is 2.63. The summed E-state index contributed by atoms with van der Waals surface area (Å²) in [5.41, 5.74) is 6.47. The molecule has 2 N–H and O–H groups in total. The average Bonchev–Trinajstić information content (AvgIpc) is 2.46. The van der Waals surface area contributed by atoms with E-state index in [2.05, 4.69) is 9.97 Å². The van der Waals surface area contributed by atoms with Crippen molar-refractivity contribution < 1.29 is 3.89 Å². The first-order chi connectivity index (χ1) is 5.81. The molecule has 2 aromatic heterocycles. The molecule has 62 valence electrons. The van der Waals surface area contributed by atoms with Crippen LogP contribution >= 0.6 is 12.3 Å². The van der Waals surface area contributed by atoms with Gasteiger partial charge in [-0.15, -0.1) is 3.89 Å². The zero-order valence-corrected chi connectivity index (χ0v) is 6.75. The Bertz CT molecular complexity index is 413. The summed E-state index contributed by atoms with van der Waals surface area (Å²) in [5, 5.41) is 0. The lowest BCUT2D eigenvalue weighted by Gasteiger charge is -1.95. The second-order valence-corrected chi connectivity index (χ2v) is 2.75. The molecule has 6 heteroatoms. The molecular formula is C6H5FN4S. The summed E-state index contributed by atoms with van der Waals surface area (Å²) in [6.45, 7) is 0. The number of nitrogen functional groups attached to an aromatic ring is 1. The molecule has 0 unspecified atom stereocenters. The SMILES string of the molecule is Nc1cnc2ccn(SF)c2n1. The molecule has 0 saturated carbocycles. The Morgan fingerprint density at radius 2 is 2.42 bits per heavy atom. The lowest BCUT2D eigenvalue weighted by atomic mass is 10.5.